The fourth-order valence-electron chi connectivity index (χ4n) is 8.63. The molecule has 0 atom stereocenters. The molecule has 11 rings (SSSR count). The Morgan fingerprint density at radius 2 is 1.15 bits per heavy atom. The molecule has 0 bridgehead atoms. The van der Waals surface area contributed by atoms with Crippen LogP contribution in [-0.2, 0) is 5.41 Å². The van der Waals surface area contributed by atoms with Gasteiger partial charge in [0.1, 0.15) is 11.2 Å². The Balaban J connectivity index is 1.17. The summed E-state index contributed by atoms with van der Waals surface area (Å²) in [7, 11) is 0. The number of nitrogens with zero attached hydrogens (tertiary/aromatic N) is 3. The van der Waals surface area contributed by atoms with Gasteiger partial charge in [-0.1, -0.05) is 135 Å². The van der Waals surface area contributed by atoms with Crippen LogP contribution in [0.3, 0.4) is 0 Å². The monoisotopic (exact) mass is 679 g/mol. The zero-order valence-electron chi connectivity index (χ0n) is 29.3. The van der Waals surface area contributed by atoms with Gasteiger partial charge in [-0.15, -0.1) is 0 Å². The van der Waals surface area contributed by atoms with Crippen LogP contribution in [0.5, 0.6) is 0 Å². The van der Waals surface area contributed by atoms with Gasteiger partial charge in [-0.05, 0) is 59.2 Å². The van der Waals surface area contributed by atoms with Gasteiger partial charge in [-0.3, -0.25) is 0 Å². The van der Waals surface area contributed by atoms with Crippen molar-refractivity contribution < 1.29 is 4.42 Å². The van der Waals surface area contributed by atoms with Crippen LogP contribution in [0, 0.1) is 0 Å². The number of hydrogen-bond donors (Lipinski definition) is 0. The standard InChI is InChI=1S/C49H33N3O/c1-49(2)39-25-24-36-34-20-9-11-22-43(34)52(47(36)46(39)38-27-37-35-21-10-12-23-44(35)53-45(37)28-40(38)49)33-19-13-18-32(26-33)48-50-41(30-14-5-3-6-15-30)29-42(51-48)31-16-7-4-8-17-31/h3-29H,1-2H3. The van der Waals surface area contributed by atoms with Crippen molar-refractivity contribution >= 4 is 43.7 Å². The van der Waals surface area contributed by atoms with Crippen molar-refractivity contribution in [3.05, 3.63) is 175 Å². The van der Waals surface area contributed by atoms with Crippen LogP contribution in [0.2, 0.25) is 0 Å². The van der Waals surface area contributed by atoms with Crippen LogP contribution >= 0.6 is 0 Å². The first-order valence-electron chi connectivity index (χ1n) is 18.2. The molecule has 3 heterocycles. The van der Waals surface area contributed by atoms with E-state index in [4.69, 9.17) is 14.4 Å². The maximum absolute atomic E-state index is 6.41. The van der Waals surface area contributed by atoms with Gasteiger partial charge in [0, 0.05) is 54.9 Å². The third-order valence-electron chi connectivity index (χ3n) is 11.2. The average Bonchev–Trinajstić information content (AvgIpc) is 3.83. The third-order valence-corrected chi connectivity index (χ3v) is 11.2. The molecule has 0 radical (unpaired) electrons. The van der Waals surface area contributed by atoms with E-state index in [0.717, 1.165) is 61.2 Å². The summed E-state index contributed by atoms with van der Waals surface area (Å²) in [6.07, 6.45) is 0. The minimum atomic E-state index is -0.214. The first-order chi connectivity index (χ1) is 26.0. The Kier molecular flexibility index (Phi) is 6.27. The van der Waals surface area contributed by atoms with Gasteiger partial charge in [0.2, 0.25) is 0 Å². The number of aromatic nitrogens is 3. The molecule has 10 aromatic rings. The van der Waals surface area contributed by atoms with E-state index in [1.807, 2.05) is 18.2 Å². The summed E-state index contributed by atoms with van der Waals surface area (Å²) in [5, 5.41) is 4.75. The number of fused-ring (bicyclic) bond motifs is 10. The second-order valence-corrected chi connectivity index (χ2v) is 14.6. The van der Waals surface area contributed by atoms with Gasteiger partial charge in [0.15, 0.2) is 5.82 Å². The highest BCUT2D eigenvalue weighted by Crippen LogP contribution is 2.54. The Morgan fingerprint density at radius 3 is 1.91 bits per heavy atom. The van der Waals surface area contributed by atoms with E-state index in [-0.39, 0.29) is 5.41 Å². The van der Waals surface area contributed by atoms with Gasteiger partial charge in [0.05, 0.1) is 22.4 Å². The minimum absolute atomic E-state index is 0.214. The van der Waals surface area contributed by atoms with Crippen LogP contribution in [0.1, 0.15) is 25.0 Å². The van der Waals surface area contributed by atoms with Crippen molar-refractivity contribution in [2.75, 3.05) is 0 Å². The van der Waals surface area contributed by atoms with E-state index < -0.39 is 0 Å². The molecule has 1 aliphatic rings. The summed E-state index contributed by atoms with van der Waals surface area (Å²) in [4.78, 5) is 10.3. The highest BCUT2D eigenvalue weighted by atomic mass is 16.3. The summed E-state index contributed by atoms with van der Waals surface area (Å²) in [6.45, 7) is 4.68. The Labute approximate surface area is 306 Å². The highest BCUT2D eigenvalue weighted by molar-refractivity contribution is 6.17. The van der Waals surface area contributed by atoms with Crippen molar-refractivity contribution in [1.29, 1.82) is 0 Å². The van der Waals surface area contributed by atoms with Gasteiger partial charge >= 0.3 is 0 Å². The van der Waals surface area contributed by atoms with Crippen molar-refractivity contribution in [1.82, 2.24) is 14.5 Å². The second kappa shape index (κ2) is 11.1. The van der Waals surface area contributed by atoms with Crippen molar-refractivity contribution in [3.63, 3.8) is 0 Å². The number of rotatable bonds is 4. The topological polar surface area (TPSA) is 43.9 Å². The Morgan fingerprint density at radius 1 is 0.491 bits per heavy atom. The van der Waals surface area contributed by atoms with Crippen molar-refractivity contribution in [2.45, 2.75) is 19.3 Å². The molecule has 7 aromatic carbocycles. The van der Waals surface area contributed by atoms with Gasteiger partial charge < -0.3 is 8.98 Å². The predicted octanol–water partition coefficient (Wildman–Crippen LogP) is 12.8. The molecule has 0 unspecified atom stereocenters. The van der Waals surface area contributed by atoms with Crippen molar-refractivity contribution in [2.24, 2.45) is 0 Å². The lowest BCUT2D eigenvalue weighted by Gasteiger charge is -2.21. The molecule has 1 aliphatic carbocycles. The molecule has 0 aliphatic heterocycles. The molecule has 0 N–H and O–H groups in total. The summed E-state index contributed by atoms with van der Waals surface area (Å²) in [5.41, 5.74) is 15.1. The van der Waals surface area contributed by atoms with Gasteiger partial charge in [-0.25, -0.2) is 9.97 Å². The molecular weight excluding hydrogens is 647 g/mol. The largest absolute Gasteiger partial charge is 0.456 e. The smallest absolute Gasteiger partial charge is 0.160 e. The van der Waals surface area contributed by atoms with Crippen LogP contribution in [-0.4, -0.2) is 14.5 Å². The molecule has 4 nitrogen and oxygen atoms in total. The number of para-hydroxylation sites is 2. The lowest BCUT2D eigenvalue weighted by atomic mass is 9.82. The number of hydrogen-bond acceptors (Lipinski definition) is 3. The lowest BCUT2D eigenvalue weighted by molar-refractivity contribution is 0.647. The van der Waals surface area contributed by atoms with Crippen molar-refractivity contribution in [3.8, 4) is 50.7 Å². The van der Waals surface area contributed by atoms with Crippen LogP contribution in [0.15, 0.2) is 168 Å². The van der Waals surface area contributed by atoms with E-state index in [2.05, 4.69) is 164 Å². The molecular formula is C49H33N3O. The van der Waals surface area contributed by atoms with E-state index >= 15 is 0 Å². The molecule has 0 spiro atoms. The molecule has 3 aromatic heterocycles. The van der Waals surface area contributed by atoms with Crippen LogP contribution < -0.4 is 0 Å². The zero-order chi connectivity index (χ0) is 35.3. The summed E-state index contributed by atoms with van der Waals surface area (Å²) < 4.78 is 8.86. The zero-order valence-corrected chi connectivity index (χ0v) is 29.3. The van der Waals surface area contributed by atoms with Crippen LogP contribution in [0.4, 0.5) is 0 Å². The normalized spacial score (nSPS) is 13.2. The first kappa shape index (κ1) is 29.9. The lowest BCUT2D eigenvalue weighted by Crippen LogP contribution is -2.14. The molecule has 4 heteroatoms. The van der Waals surface area contributed by atoms with Gasteiger partial charge in [0.25, 0.3) is 0 Å². The Bertz CT molecular complexity index is 3020. The minimum Gasteiger partial charge on any atom is -0.456 e. The summed E-state index contributed by atoms with van der Waals surface area (Å²) >= 11 is 0. The van der Waals surface area contributed by atoms with E-state index in [0.29, 0.717) is 5.82 Å². The van der Waals surface area contributed by atoms with E-state index in [9.17, 15) is 0 Å². The molecule has 0 saturated heterocycles. The second-order valence-electron chi connectivity index (χ2n) is 14.6. The highest BCUT2D eigenvalue weighted by Gasteiger charge is 2.38. The SMILES string of the molecule is CC1(C)c2cc3oc4ccccc4c3cc2-c2c1ccc1c3ccccc3n(-c3cccc(-c4nc(-c5ccccc5)cc(-c5ccccc5)n4)c3)c21. The van der Waals surface area contributed by atoms with E-state index in [1.54, 1.807) is 0 Å². The molecule has 0 amide bonds. The van der Waals surface area contributed by atoms with Gasteiger partial charge in [-0.2, -0.15) is 0 Å². The molecule has 0 saturated carbocycles. The van der Waals surface area contributed by atoms with Crippen LogP contribution in [0.25, 0.3) is 94.5 Å². The van der Waals surface area contributed by atoms with E-state index in [1.165, 1.54) is 38.5 Å². The molecule has 250 valence electrons. The molecule has 0 fully saturated rings. The maximum Gasteiger partial charge on any atom is 0.160 e. The fourth-order valence-corrected chi connectivity index (χ4v) is 8.63. The molecule has 53 heavy (non-hydrogen) atoms. The number of benzene rings is 7. The first-order valence-corrected chi connectivity index (χ1v) is 18.2. The summed E-state index contributed by atoms with van der Waals surface area (Å²) in [6, 6.07) is 58.0. The average molecular weight is 680 g/mol. The quantitative estimate of drug-likeness (QED) is 0.186. The fraction of sp³-hybridized carbons (Fsp3) is 0.0612. The third kappa shape index (κ3) is 4.42. The maximum atomic E-state index is 6.41. The Hall–Kier alpha value is -6.78. The number of furan rings is 1. The predicted molar refractivity (Wildman–Crippen MR) is 218 cm³/mol. The summed E-state index contributed by atoms with van der Waals surface area (Å²) in [5.74, 6) is 0.693.